The average molecular weight is 382 g/mol. The molecule has 0 aliphatic carbocycles. The quantitative estimate of drug-likeness (QED) is 0.539. The van der Waals surface area contributed by atoms with Crippen LogP contribution < -0.4 is 5.32 Å². The monoisotopic (exact) mass is 382 g/mol. The van der Waals surface area contributed by atoms with Gasteiger partial charge in [-0.15, -0.1) is 0 Å². The first kappa shape index (κ1) is 18.5. The topological polar surface area (TPSA) is 76.1 Å². The van der Waals surface area contributed by atoms with Crippen LogP contribution >= 0.6 is 0 Å². The Morgan fingerprint density at radius 2 is 1.59 bits per heavy atom. The number of aromatic nitrogens is 1. The second-order valence-corrected chi connectivity index (χ2v) is 7.54. The van der Waals surface area contributed by atoms with E-state index in [0.717, 1.165) is 17.7 Å². The standard InChI is InChI=1S/C20H15FN2O3S/c21-16-4-8-18(9-5-16)27(25,26)19-10-6-17(7-11-19)23-20(24)12-3-15-2-1-13-22-14-15/h1-14H,(H,23,24). The van der Waals surface area contributed by atoms with E-state index in [1.165, 1.54) is 42.5 Å². The van der Waals surface area contributed by atoms with E-state index in [1.54, 1.807) is 24.5 Å². The summed E-state index contributed by atoms with van der Waals surface area (Å²) in [6, 6.07) is 13.9. The van der Waals surface area contributed by atoms with Crippen LogP contribution in [0.5, 0.6) is 0 Å². The van der Waals surface area contributed by atoms with Gasteiger partial charge < -0.3 is 5.32 Å². The van der Waals surface area contributed by atoms with Gasteiger partial charge in [-0.2, -0.15) is 0 Å². The number of halogens is 1. The Balaban J connectivity index is 1.70. The Morgan fingerprint density at radius 3 is 2.19 bits per heavy atom. The van der Waals surface area contributed by atoms with Gasteiger partial charge >= 0.3 is 0 Å². The first-order chi connectivity index (χ1) is 12.9. The van der Waals surface area contributed by atoms with Crippen LogP contribution in [0.4, 0.5) is 10.1 Å². The van der Waals surface area contributed by atoms with Gasteiger partial charge in [0.2, 0.25) is 15.7 Å². The number of hydrogen-bond acceptors (Lipinski definition) is 4. The lowest BCUT2D eigenvalue weighted by molar-refractivity contribution is -0.111. The fourth-order valence-electron chi connectivity index (χ4n) is 2.30. The summed E-state index contributed by atoms with van der Waals surface area (Å²) in [6.07, 6.45) is 6.24. The fourth-order valence-corrected chi connectivity index (χ4v) is 3.56. The van der Waals surface area contributed by atoms with Crippen LogP contribution in [0.3, 0.4) is 0 Å². The number of rotatable bonds is 5. The Bertz CT molecular complexity index is 1060. The molecule has 0 aliphatic rings. The average Bonchev–Trinajstić information content (AvgIpc) is 2.68. The molecule has 0 fully saturated rings. The molecule has 7 heteroatoms. The molecule has 0 bridgehead atoms. The largest absolute Gasteiger partial charge is 0.323 e. The van der Waals surface area contributed by atoms with Crippen LogP contribution in [-0.4, -0.2) is 19.3 Å². The lowest BCUT2D eigenvalue weighted by Gasteiger charge is -2.07. The van der Waals surface area contributed by atoms with Crippen molar-refractivity contribution in [3.05, 3.63) is 90.5 Å². The normalized spacial score (nSPS) is 11.4. The van der Waals surface area contributed by atoms with Crippen LogP contribution in [-0.2, 0) is 14.6 Å². The van der Waals surface area contributed by atoms with Crippen LogP contribution in [0.25, 0.3) is 6.08 Å². The minimum atomic E-state index is -3.75. The van der Waals surface area contributed by atoms with Gasteiger partial charge in [0.15, 0.2) is 0 Å². The third-order valence-corrected chi connectivity index (χ3v) is 5.45. The molecule has 0 saturated carbocycles. The number of amides is 1. The highest BCUT2D eigenvalue weighted by Gasteiger charge is 2.17. The van der Waals surface area contributed by atoms with E-state index in [9.17, 15) is 17.6 Å². The van der Waals surface area contributed by atoms with E-state index >= 15 is 0 Å². The van der Waals surface area contributed by atoms with E-state index in [-0.39, 0.29) is 15.7 Å². The van der Waals surface area contributed by atoms with Crippen molar-refractivity contribution in [1.82, 2.24) is 4.98 Å². The minimum absolute atomic E-state index is 0.0000828. The van der Waals surface area contributed by atoms with Crippen molar-refractivity contribution < 1.29 is 17.6 Å². The smallest absolute Gasteiger partial charge is 0.248 e. The summed E-state index contributed by atoms with van der Waals surface area (Å²) in [5.74, 6) is -0.862. The zero-order valence-corrected chi connectivity index (χ0v) is 14.9. The molecule has 3 aromatic rings. The molecule has 1 N–H and O–H groups in total. The van der Waals surface area contributed by atoms with Crippen LogP contribution in [0.2, 0.25) is 0 Å². The molecule has 1 heterocycles. The number of benzene rings is 2. The molecule has 3 rings (SSSR count). The molecule has 1 aromatic heterocycles. The SMILES string of the molecule is O=C(C=Cc1cccnc1)Nc1ccc(S(=O)(=O)c2ccc(F)cc2)cc1. The highest BCUT2D eigenvalue weighted by atomic mass is 32.2. The van der Waals surface area contributed by atoms with Gasteiger partial charge in [-0.25, -0.2) is 12.8 Å². The number of pyridine rings is 1. The predicted octanol–water partition coefficient (Wildman–Crippen LogP) is 3.71. The molecule has 136 valence electrons. The molecule has 0 atom stereocenters. The van der Waals surface area contributed by atoms with E-state index in [4.69, 9.17) is 0 Å². The molecule has 0 spiro atoms. The molecule has 0 unspecified atom stereocenters. The first-order valence-corrected chi connectivity index (χ1v) is 9.43. The van der Waals surface area contributed by atoms with Crippen molar-refractivity contribution in [3.8, 4) is 0 Å². The summed E-state index contributed by atoms with van der Waals surface area (Å²) in [5, 5.41) is 2.65. The molecule has 0 saturated heterocycles. The van der Waals surface area contributed by atoms with Crippen LogP contribution in [0.15, 0.2) is 88.9 Å². The Kier molecular flexibility index (Phi) is 5.42. The first-order valence-electron chi connectivity index (χ1n) is 7.95. The maximum Gasteiger partial charge on any atom is 0.248 e. The summed E-state index contributed by atoms with van der Waals surface area (Å²) < 4.78 is 38.0. The zero-order valence-electron chi connectivity index (χ0n) is 14.0. The Labute approximate surface area is 156 Å². The van der Waals surface area contributed by atoms with Crippen molar-refractivity contribution in [2.24, 2.45) is 0 Å². The summed E-state index contributed by atoms with van der Waals surface area (Å²) in [5.41, 5.74) is 1.24. The van der Waals surface area contributed by atoms with Crippen LogP contribution in [0.1, 0.15) is 5.56 Å². The lowest BCUT2D eigenvalue weighted by Crippen LogP contribution is -2.08. The molecule has 5 nitrogen and oxygen atoms in total. The zero-order chi connectivity index (χ0) is 19.3. The molecule has 27 heavy (non-hydrogen) atoms. The molecular formula is C20H15FN2O3S. The Hall–Kier alpha value is -3.32. The number of carbonyl (C=O) groups excluding carboxylic acids is 1. The van der Waals surface area contributed by atoms with Gasteiger partial charge in [0, 0.05) is 24.2 Å². The van der Waals surface area contributed by atoms with Gasteiger partial charge in [0.1, 0.15) is 5.82 Å². The molecule has 2 aromatic carbocycles. The van der Waals surface area contributed by atoms with Crippen molar-refractivity contribution in [2.75, 3.05) is 5.32 Å². The maximum absolute atomic E-state index is 13.0. The van der Waals surface area contributed by atoms with E-state index in [1.807, 2.05) is 6.07 Å². The number of carbonyl (C=O) groups is 1. The van der Waals surface area contributed by atoms with E-state index < -0.39 is 15.7 Å². The highest BCUT2D eigenvalue weighted by Crippen LogP contribution is 2.22. The number of anilines is 1. The third kappa shape index (κ3) is 4.65. The minimum Gasteiger partial charge on any atom is -0.323 e. The summed E-state index contributed by atoms with van der Waals surface area (Å²) in [4.78, 5) is 16.0. The van der Waals surface area contributed by atoms with Crippen molar-refractivity contribution in [1.29, 1.82) is 0 Å². The number of nitrogens with zero attached hydrogens (tertiary/aromatic N) is 1. The van der Waals surface area contributed by atoms with Crippen LogP contribution in [0, 0.1) is 5.82 Å². The number of nitrogens with one attached hydrogen (secondary N) is 1. The molecule has 1 amide bonds. The molecular weight excluding hydrogens is 367 g/mol. The van der Waals surface area contributed by atoms with Crippen molar-refractivity contribution in [2.45, 2.75) is 9.79 Å². The van der Waals surface area contributed by atoms with Gasteiger partial charge in [-0.1, -0.05) is 6.07 Å². The summed E-state index contributed by atoms with van der Waals surface area (Å²) in [7, 11) is -3.75. The second kappa shape index (κ2) is 7.92. The fraction of sp³-hybridized carbons (Fsp3) is 0. The van der Waals surface area contributed by atoms with E-state index in [2.05, 4.69) is 10.3 Å². The maximum atomic E-state index is 13.0. The lowest BCUT2D eigenvalue weighted by atomic mass is 10.2. The highest BCUT2D eigenvalue weighted by molar-refractivity contribution is 7.91. The number of hydrogen-bond donors (Lipinski definition) is 1. The van der Waals surface area contributed by atoms with E-state index in [0.29, 0.717) is 5.69 Å². The van der Waals surface area contributed by atoms with Gasteiger partial charge in [-0.3, -0.25) is 9.78 Å². The van der Waals surface area contributed by atoms with Gasteiger partial charge in [-0.05, 0) is 66.2 Å². The van der Waals surface area contributed by atoms with Crippen molar-refractivity contribution in [3.63, 3.8) is 0 Å². The summed E-state index contributed by atoms with van der Waals surface area (Å²) >= 11 is 0. The third-order valence-electron chi connectivity index (χ3n) is 3.67. The van der Waals surface area contributed by atoms with Gasteiger partial charge in [0.25, 0.3) is 0 Å². The molecule has 0 radical (unpaired) electrons. The second-order valence-electron chi connectivity index (χ2n) is 5.59. The van der Waals surface area contributed by atoms with Gasteiger partial charge in [0.05, 0.1) is 9.79 Å². The summed E-state index contributed by atoms with van der Waals surface area (Å²) in [6.45, 7) is 0. The number of sulfone groups is 1. The Morgan fingerprint density at radius 1 is 0.963 bits per heavy atom. The molecule has 0 aliphatic heterocycles. The van der Waals surface area contributed by atoms with Crippen molar-refractivity contribution >= 4 is 27.5 Å². The predicted molar refractivity (Wildman–Crippen MR) is 100 cm³/mol.